The third-order valence-electron chi connectivity index (χ3n) is 5.69. The molecule has 2 aliphatic carbocycles. The summed E-state index contributed by atoms with van der Waals surface area (Å²) in [5, 5.41) is 12.0. The highest BCUT2D eigenvalue weighted by Gasteiger charge is 2.30. The van der Waals surface area contributed by atoms with Crippen molar-refractivity contribution in [3.05, 3.63) is 59.7 Å². The third-order valence-corrected chi connectivity index (χ3v) is 5.69. The maximum absolute atomic E-state index is 12.3. The first-order valence-electron chi connectivity index (χ1n) is 9.48. The zero-order valence-corrected chi connectivity index (χ0v) is 15.1. The van der Waals surface area contributed by atoms with E-state index in [1.807, 2.05) is 24.3 Å². The second-order valence-corrected chi connectivity index (χ2v) is 7.37. The lowest BCUT2D eigenvalue weighted by Gasteiger charge is -2.27. The molecule has 5 heteroatoms. The number of carbonyl (C=O) groups is 2. The van der Waals surface area contributed by atoms with Crippen molar-refractivity contribution in [2.45, 2.75) is 37.6 Å². The Hall–Kier alpha value is -2.82. The van der Waals surface area contributed by atoms with Crippen molar-refractivity contribution < 1.29 is 19.4 Å². The SMILES string of the molecule is O=C(NC1CCCC(C(=O)O)C1)OCC1c2ccccc2-c2ccccc21. The molecule has 1 amide bonds. The van der Waals surface area contributed by atoms with Gasteiger partial charge in [0.25, 0.3) is 0 Å². The molecule has 140 valence electrons. The van der Waals surface area contributed by atoms with E-state index in [0.29, 0.717) is 12.8 Å². The van der Waals surface area contributed by atoms with Gasteiger partial charge < -0.3 is 15.2 Å². The molecule has 0 radical (unpaired) electrons. The van der Waals surface area contributed by atoms with E-state index in [1.165, 1.54) is 22.3 Å². The van der Waals surface area contributed by atoms with Crippen LogP contribution >= 0.6 is 0 Å². The second kappa shape index (κ2) is 7.43. The number of rotatable bonds is 4. The molecule has 0 spiro atoms. The van der Waals surface area contributed by atoms with Gasteiger partial charge in [-0.1, -0.05) is 55.0 Å². The number of hydrogen-bond acceptors (Lipinski definition) is 3. The molecule has 2 aromatic rings. The van der Waals surface area contributed by atoms with Gasteiger partial charge in [0, 0.05) is 12.0 Å². The van der Waals surface area contributed by atoms with Crippen LogP contribution in [0.25, 0.3) is 11.1 Å². The van der Waals surface area contributed by atoms with Crippen molar-refractivity contribution >= 4 is 12.1 Å². The van der Waals surface area contributed by atoms with Crippen LogP contribution in [-0.4, -0.2) is 29.8 Å². The van der Waals surface area contributed by atoms with E-state index in [9.17, 15) is 14.7 Å². The highest BCUT2D eigenvalue weighted by Crippen LogP contribution is 2.44. The van der Waals surface area contributed by atoms with Crippen LogP contribution in [0.2, 0.25) is 0 Å². The molecule has 0 heterocycles. The fourth-order valence-corrected chi connectivity index (χ4v) is 4.35. The van der Waals surface area contributed by atoms with Gasteiger partial charge in [-0.25, -0.2) is 4.79 Å². The van der Waals surface area contributed by atoms with Crippen LogP contribution in [0.1, 0.15) is 42.7 Å². The Balaban J connectivity index is 1.40. The molecule has 0 bridgehead atoms. The lowest BCUT2D eigenvalue weighted by Crippen LogP contribution is -2.40. The Kier molecular flexibility index (Phi) is 4.84. The molecule has 2 N–H and O–H groups in total. The number of nitrogens with one attached hydrogen (secondary N) is 1. The monoisotopic (exact) mass is 365 g/mol. The van der Waals surface area contributed by atoms with Crippen molar-refractivity contribution in [2.24, 2.45) is 5.92 Å². The van der Waals surface area contributed by atoms with Crippen LogP contribution in [0.15, 0.2) is 48.5 Å². The van der Waals surface area contributed by atoms with Gasteiger partial charge in [-0.05, 0) is 41.5 Å². The van der Waals surface area contributed by atoms with Crippen molar-refractivity contribution in [1.29, 1.82) is 0 Å². The van der Waals surface area contributed by atoms with Gasteiger partial charge in [0.2, 0.25) is 0 Å². The van der Waals surface area contributed by atoms with Gasteiger partial charge in [-0.2, -0.15) is 0 Å². The molecule has 27 heavy (non-hydrogen) atoms. The number of carbonyl (C=O) groups excluding carboxylic acids is 1. The predicted octanol–water partition coefficient (Wildman–Crippen LogP) is 4.17. The quantitative estimate of drug-likeness (QED) is 0.853. The first-order valence-corrected chi connectivity index (χ1v) is 9.48. The van der Waals surface area contributed by atoms with Gasteiger partial charge in [0.15, 0.2) is 0 Å². The Bertz CT molecular complexity index is 817. The van der Waals surface area contributed by atoms with Crippen molar-refractivity contribution in [3.63, 3.8) is 0 Å². The summed E-state index contributed by atoms with van der Waals surface area (Å²) in [6.45, 7) is 0.273. The van der Waals surface area contributed by atoms with E-state index in [2.05, 4.69) is 29.6 Å². The first-order chi connectivity index (χ1) is 13.1. The molecule has 5 nitrogen and oxygen atoms in total. The van der Waals surface area contributed by atoms with Crippen molar-refractivity contribution in [3.8, 4) is 11.1 Å². The summed E-state index contributed by atoms with van der Waals surface area (Å²) < 4.78 is 5.54. The molecule has 1 saturated carbocycles. The van der Waals surface area contributed by atoms with Gasteiger partial charge in [0.05, 0.1) is 5.92 Å². The van der Waals surface area contributed by atoms with Crippen LogP contribution in [0.4, 0.5) is 4.79 Å². The van der Waals surface area contributed by atoms with E-state index in [1.54, 1.807) is 0 Å². The lowest BCUT2D eigenvalue weighted by atomic mass is 9.86. The molecule has 2 aromatic carbocycles. The number of carboxylic acid groups (broad SMARTS) is 1. The number of ether oxygens (including phenoxy) is 1. The minimum Gasteiger partial charge on any atom is -0.481 e. The number of fused-ring (bicyclic) bond motifs is 3. The molecule has 0 aromatic heterocycles. The largest absolute Gasteiger partial charge is 0.481 e. The van der Waals surface area contributed by atoms with Gasteiger partial charge >= 0.3 is 12.1 Å². The average molecular weight is 365 g/mol. The van der Waals surface area contributed by atoms with Crippen LogP contribution in [0.5, 0.6) is 0 Å². The van der Waals surface area contributed by atoms with Crippen LogP contribution in [-0.2, 0) is 9.53 Å². The Morgan fingerprint density at radius 2 is 1.63 bits per heavy atom. The molecular weight excluding hydrogens is 342 g/mol. The summed E-state index contributed by atoms with van der Waals surface area (Å²) in [4.78, 5) is 23.5. The third kappa shape index (κ3) is 3.54. The van der Waals surface area contributed by atoms with Gasteiger partial charge in [0.1, 0.15) is 6.61 Å². The summed E-state index contributed by atoms with van der Waals surface area (Å²) in [6.07, 6.45) is 2.30. The fourth-order valence-electron chi connectivity index (χ4n) is 4.35. The van der Waals surface area contributed by atoms with Gasteiger partial charge in [-0.15, -0.1) is 0 Å². The number of amides is 1. The Morgan fingerprint density at radius 1 is 1.00 bits per heavy atom. The molecular formula is C22H23NO4. The highest BCUT2D eigenvalue weighted by molar-refractivity contribution is 5.79. The first kappa shape index (κ1) is 17.6. The summed E-state index contributed by atoms with van der Waals surface area (Å²) in [6, 6.07) is 16.3. The van der Waals surface area contributed by atoms with Crippen LogP contribution in [0, 0.1) is 5.92 Å². The maximum atomic E-state index is 12.3. The number of alkyl carbamates (subject to hydrolysis) is 1. The van der Waals surface area contributed by atoms with Crippen molar-refractivity contribution in [1.82, 2.24) is 5.32 Å². The molecule has 1 fully saturated rings. The molecule has 0 aliphatic heterocycles. The second-order valence-electron chi connectivity index (χ2n) is 7.37. The van der Waals surface area contributed by atoms with E-state index in [0.717, 1.165) is 12.8 Å². The smallest absolute Gasteiger partial charge is 0.407 e. The predicted molar refractivity (Wildman–Crippen MR) is 102 cm³/mol. The minimum atomic E-state index is -0.783. The Labute approximate surface area is 158 Å². The van der Waals surface area contributed by atoms with Crippen molar-refractivity contribution in [2.75, 3.05) is 6.61 Å². The van der Waals surface area contributed by atoms with Crippen LogP contribution in [0.3, 0.4) is 0 Å². The molecule has 2 unspecified atom stereocenters. The van der Waals surface area contributed by atoms with E-state index in [-0.39, 0.29) is 24.5 Å². The molecule has 4 rings (SSSR count). The summed E-state index contributed by atoms with van der Waals surface area (Å²) in [5.74, 6) is -1.13. The molecule has 0 saturated heterocycles. The highest BCUT2D eigenvalue weighted by atomic mass is 16.5. The lowest BCUT2D eigenvalue weighted by molar-refractivity contribution is -0.143. The molecule has 2 aliphatic rings. The van der Waals surface area contributed by atoms with Crippen LogP contribution < -0.4 is 5.32 Å². The topological polar surface area (TPSA) is 75.6 Å². The standard InChI is InChI=1S/C22H23NO4/c24-21(25)14-6-5-7-15(12-14)23-22(26)27-13-20-18-10-3-1-8-16(18)17-9-2-4-11-19(17)20/h1-4,8-11,14-15,20H,5-7,12-13H2,(H,23,26)(H,24,25). The summed E-state index contributed by atoms with van der Waals surface area (Å²) >= 11 is 0. The zero-order valence-electron chi connectivity index (χ0n) is 15.1. The summed E-state index contributed by atoms with van der Waals surface area (Å²) in [5.41, 5.74) is 4.74. The maximum Gasteiger partial charge on any atom is 0.407 e. The fraction of sp³-hybridized carbons (Fsp3) is 0.364. The Morgan fingerprint density at radius 3 is 2.26 bits per heavy atom. The molecule has 2 atom stereocenters. The number of hydrogen-bond donors (Lipinski definition) is 2. The summed E-state index contributed by atoms with van der Waals surface area (Å²) in [7, 11) is 0. The normalized spacial score (nSPS) is 21.2. The average Bonchev–Trinajstić information content (AvgIpc) is 3.00. The number of benzene rings is 2. The zero-order chi connectivity index (χ0) is 18.8. The number of carboxylic acids is 1. The van der Waals surface area contributed by atoms with Gasteiger partial charge in [-0.3, -0.25) is 4.79 Å². The number of aliphatic carboxylic acids is 1. The van der Waals surface area contributed by atoms with E-state index < -0.39 is 12.1 Å². The van der Waals surface area contributed by atoms with E-state index >= 15 is 0 Å². The van der Waals surface area contributed by atoms with E-state index in [4.69, 9.17) is 4.74 Å². The minimum absolute atomic E-state index is 0.0290.